The Kier molecular flexibility index (Phi) is 2.70. The first-order chi connectivity index (χ1) is 6.29. The molecule has 1 aliphatic carbocycles. The van der Waals surface area contributed by atoms with Gasteiger partial charge < -0.3 is 5.32 Å². The van der Waals surface area contributed by atoms with Gasteiger partial charge in [-0.1, -0.05) is 28.1 Å². The quantitative estimate of drug-likeness (QED) is 0.838. The van der Waals surface area contributed by atoms with Crippen molar-refractivity contribution in [2.24, 2.45) is 0 Å². The second kappa shape index (κ2) is 3.81. The van der Waals surface area contributed by atoms with Gasteiger partial charge in [-0.2, -0.15) is 0 Å². The fraction of sp³-hybridized carbons (Fsp3) is 0.455. The highest BCUT2D eigenvalue weighted by molar-refractivity contribution is 9.10. The van der Waals surface area contributed by atoms with Gasteiger partial charge in [0.2, 0.25) is 0 Å². The molecule has 1 saturated carbocycles. The van der Waals surface area contributed by atoms with Crippen molar-refractivity contribution in [1.82, 2.24) is 5.32 Å². The average molecular weight is 240 g/mol. The molecule has 0 bridgehead atoms. The summed E-state index contributed by atoms with van der Waals surface area (Å²) in [6.07, 6.45) is 2.58. The maximum absolute atomic E-state index is 3.45. The molecule has 1 aromatic carbocycles. The number of hydrogen-bond donors (Lipinski definition) is 1. The predicted octanol–water partition coefficient (Wildman–Crippen LogP) is 2.91. The lowest BCUT2D eigenvalue weighted by molar-refractivity contribution is 0.307. The molecule has 0 saturated heterocycles. The Labute approximate surface area is 87.7 Å². The van der Waals surface area contributed by atoms with Crippen LogP contribution in [0.5, 0.6) is 0 Å². The average Bonchev–Trinajstić information content (AvgIpc) is 2.06. The number of hydrogen-bond acceptors (Lipinski definition) is 1. The molecule has 1 fully saturated rings. The molecule has 0 radical (unpaired) electrons. The van der Waals surface area contributed by atoms with Crippen LogP contribution in [-0.2, 0) is 0 Å². The van der Waals surface area contributed by atoms with Crippen LogP contribution < -0.4 is 5.32 Å². The van der Waals surface area contributed by atoms with Crippen molar-refractivity contribution >= 4 is 15.9 Å². The molecule has 0 unspecified atom stereocenters. The van der Waals surface area contributed by atoms with E-state index in [1.165, 1.54) is 22.9 Å². The van der Waals surface area contributed by atoms with E-state index >= 15 is 0 Å². The summed E-state index contributed by atoms with van der Waals surface area (Å²) in [5.41, 5.74) is 1.48. The first-order valence-corrected chi connectivity index (χ1v) is 5.51. The molecule has 13 heavy (non-hydrogen) atoms. The summed E-state index contributed by atoms with van der Waals surface area (Å²) in [5, 5.41) is 3.30. The zero-order valence-electron chi connectivity index (χ0n) is 7.76. The molecule has 1 aliphatic rings. The maximum Gasteiger partial charge on any atom is 0.0175 e. The van der Waals surface area contributed by atoms with Gasteiger partial charge in [0, 0.05) is 10.5 Å². The van der Waals surface area contributed by atoms with Crippen molar-refractivity contribution in [3.63, 3.8) is 0 Å². The van der Waals surface area contributed by atoms with Crippen LogP contribution in [0.15, 0.2) is 28.7 Å². The highest BCUT2D eigenvalue weighted by Crippen LogP contribution is 2.36. The van der Waals surface area contributed by atoms with Crippen molar-refractivity contribution in [2.75, 3.05) is 7.05 Å². The van der Waals surface area contributed by atoms with Crippen LogP contribution in [0.25, 0.3) is 0 Å². The summed E-state index contributed by atoms with van der Waals surface area (Å²) in [7, 11) is 2.04. The standard InChI is InChI=1S/C11H14BrN/c1-13-11-6-9(7-11)8-2-4-10(12)5-3-8/h2-5,9,11,13H,6-7H2,1H3. The SMILES string of the molecule is CNC1CC(c2ccc(Br)cc2)C1. The van der Waals surface area contributed by atoms with E-state index in [1.807, 2.05) is 7.05 Å². The highest BCUT2D eigenvalue weighted by Gasteiger charge is 2.28. The molecule has 1 N–H and O–H groups in total. The molecule has 0 heterocycles. The van der Waals surface area contributed by atoms with Gasteiger partial charge in [-0.25, -0.2) is 0 Å². The van der Waals surface area contributed by atoms with Crippen LogP contribution in [0.1, 0.15) is 24.3 Å². The topological polar surface area (TPSA) is 12.0 Å². The largest absolute Gasteiger partial charge is 0.317 e. The molecule has 0 atom stereocenters. The molecule has 1 nitrogen and oxygen atoms in total. The van der Waals surface area contributed by atoms with E-state index in [0.29, 0.717) is 0 Å². The third-order valence-corrected chi connectivity index (χ3v) is 3.42. The van der Waals surface area contributed by atoms with E-state index in [-0.39, 0.29) is 0 Å². The van der Waals surface area contributed by atoms with Crippen molar-refractivity contribution in [2.45, 2.75) is 24.8 Å². The lowest BCUT2D eigenvalue weighted by atomic mass is 9.76. The minimum absolute atomic E-state index is 0.744. The third-order valence-electron chi connectivity index (χ3n) is 2.89. The molecule has 1 aromatic rings. The normalized spacial score (nSPS) is 26.9. The number of rotatable bonds is 2. The minimum Gasteiger partial charge on any atom is -0.317 e. The van der Waals surface area contributed by atoms with E-state index in [9.17, 15) is 0 Å². The first kappa shape index (κ1) is 9.22. The summed E-state index contributed by atoms with van der Waals surface area (Å²) in [6, 6.07) is 9.44. The van der Waals surface area contributed by atoms with Crippen molar-refractivity contribution in [3.05, 3.63) is 34.3 Å². The van der Waals surface area contributed by atoms with Gasteiger partial charge in [0.05, 0.1) is 0 Å². The Balaban J connectivity index is 1.99. The van der Waals surface area contributed by atoms with Gasteiger partial charge in [0.1, 0.15) is 0 Å². The lowest BCUT2D eigenvalue weighted by Crippen LogP contribution is -2.37. The van der Waals surface area contributed by atoms with Crippen molar-refractivity contribution in [3.8, 4) is 0 Å². The summed E-state index contributed by atoms with van der Waals surface area (Å²) in [6.45, 7) is 0. The lowest BCUT2D eigenvalue weighted by Gasteiger charge is -2.35. The molecule has 0 aliphatic heterocycles. The number of nitrogens with one attached hydrogen (secondary N) is 1. The van der Waals surface area contributed by atoms with E-state index < -0.39 is 0 Å². The molecule has 2 heteroatoms. The van der Waals surface area contributed by atoms with Gasteiger partial charge in [0.25, 0.3) is 0 Å². The predicted molar refractivity (Wildman–Crippen MR) is 59.0 cm³/mol. The van der Waals surface area contributed by atoms with Crippen LogP contribution in [0.4, 0.5) is 0 Å². The highest BCUT2D eigenvalue weighted by atomic mass is 79.9. The Morgan fingerprint density at radius 1 is 1.23 bits per heavy atom. The van der Waals surface area contributed by atoms with E-state index in [2.05, 4.69) is 45.5 Å². The summed E-state index contributed by atoms with van der Waals surface area (Å²) < 4.78 is 1.17. The minimum atomic E-state index is 0.744. The Bertz CT molecular complexity index is 275. The van der Waals surface area contributed by atoms with Gasteiger partial charge in [-0.15, -0.1) is 0 Å². The Hall–Kier alpha value is -0.340. The molecule has 70 valence electrons. The summed E-state index contributed by atoms with van der Waals surface area (Å²) >= 11 is 3.45. The number of benzene rings is 1. The zero-order chi connectivity index (χ0) is 9.26. The molecule has 0 amide bonds. The van der Waals surface area contributed by atoms with Crippen molar-refractivity contribution < 1.29 is 0 Å². The monoisotopic (exact) mass is 239 g/mol. The fourth-order valence-electron chi connectivity index (χ4n) is 1.86. The second-order valence-corrected chi connectivity index (χ2v) is 4.62. The number of halogens is 1. The van der Waals surface area contributed by atoms with Crippen LogP contribution in [0.3, 0.4) is 0 Å². The van der Waals surface area contributed by atoms with Crippen LogP contribution in [-0.4, -0.2) is 13.1 Å². The summed E-state index contributed by atoms with van der Waals surface area (Å²) in [5.74, 6) is 0.783. The molecule has 2 rings (SSSR count). The van der Waals surface area contributed by atoms with Crippen LogP contribution >= 0.6 is 15.9 Å². The molecule has 0 aromatic heterocycles. The van der Waals surface area contributed by atoms with Gasteiger partial charge in [0.15, 0.2) is 0 Å². The second-order valence-electron chi connectivity index (χ2n) is 3.71. The van der Waals surface area contributed by atoms with E-state index in [4.69, 9.17) is 0 Å². The van der Waals surface area contributed by atoms with Crippen molar-refractivity contribution in [1.29, 1.82) is 0 Å². The van der Waals surface area contributed by atoms with E-state index in [1.54, 1.807) is 0 Å². The van der Waals surface area contributed by atoms with Gasteiger partial charge in [-0.3, -0.25) is 0 Å². The molecular weight excluding hydrogens is 226 g/mol. The Morgan fingerprint density at radius 3 is 2.38 bits per heavy atom. The fourth-order valence-corrected chi connectivity index (χ4v) is 2.12. The third kappa shape index (κ3) is 1.94. The van der Waals surface area contributed by atoms with E-state index in [0.717, 1.165) is 12.0 Å². The first-order valence-electron chi connectivity index (χ1n) is 4.72. The maximum atomic E-state index is 3.45. The zero-order valence-corrected chi connectivity index (χ0v) is 9.34. The van der Waals surface area contributed by atoms with Gasteiger partial charge >= 0.3 is 0 Å². The molecule has 0 spiro atoms. The molecular formula is C11H14BrN. The van der Waals surface area contributed by atoms with Gasteiger partial charge in [-0.05, 0) is 43.5 Å². The van der Waals surface area contributed by atoms with Crippen LogP contribution in [0.2, 0.25) is 0 Å². The summed E-state index contributed by atoms with van der Waals surface area (Å²) in [4.78, 5) is 0. The smallest absolute Gasteiger partial charge is 0.0175 e. The van der Waals surface area contributed by atoms with Crippen LogP contribution in [0, 0.1) is 0 Å². The Morgan fingerprint density at radius 2 is 1.85 bits per heavy atom.